The van der Waals surface area contributed by atoms with E-state index >= 15 is 0 Å². The van der Waals surface area contributed by atoms with Gasteiger partial charge in [0.15, 0.2) is 0 Å². The number of allylic oxidation sites excluding steroid dienone is 1. The van der Waals surface area contributed by atoms with Crippen LogP contribution in [-0.4, -0.2) is 99.1 Å². The lowest BCUT2D eigenvalue weighted by molar-refractivity contribution is -0.160. The number of esters is 1. The minimum absolute atomic E-state index is 0.109. The van der Waals surface area contributed by atoms with Gasteiger partial charge in [-0.2, -0.15) is 0 Å². The Labute approximate surface area is 264 Å². The molecule has 3 heterocycles. The number of halogens is 1. The SMILES string of the molecule is C=CCCC(=O)NC[C@@H](C)OC(=O)[C@@H]1[C@H]2O[C@@]3(CC2Br)[C@H](C(=O)N(CC=C)C(C)CCC)N([C@@H](CO)CC(C)C)C(=O)[C@@H]13. The summed E-state index contributed by atoms with van der Waals surface area (Å²) in [6.45, 7) is 17.3. The van der Waals surface area contributed by atoms with Crippen LogP contribution in [0, 0.1) is 17.8 Å². The van der Waals surface area contributed by atoms with E-state index in [9.17, 15) is 24.3 Å². The van der Waals surface area contributed by atoms with Crippen LogP contribution in [-0.2, 0) is 28.7 Å². The second kappa shape index (κ2) is 15.2. The van der Waals surface area contributed by atoms with Crippen LogP contribution in [0.2, 0.25) is 0 Å². The Hall–Kier alpha value is -2.24. The molecule has 43 heavy (non-hydrogen) atoms. The summed E-state index contributed by atoms with van der Waals surface area (Å²) in [5, 5.41) is 13.3. The van der Waals surface area contributed by atoms with E-state index < -0.39 is 47.7 Å². The molecule has 0 aromatic carbocycles. The van der Waals surface area contributed by atoms with E-state index in [1.165, 1.54) is 4.90 Å². The van der Waals surface area contributed by atoms with Crippen LogP contribution in [0.4, 0.5) is 0 Å². The molecule has 11 heteroatoms. The summed E-state index contributed by atoms with van der Waals surface area (Å²) in [7, 11) is 0. The number of fused-ring (bicyclic) bond motifs is 1. The zero-order valence-electron chi connectivity index (χ0n) is 26.3. The van der Waals surface area contributed by atoms with Crippen molar-refractivity contribution < 1.29 is 33.8 Å². The quantitative estimate of drug-likeness (QED) is 0.138. The highest BCUT2D eigenvalue weighted by molar-refractivity contribution is 9.09. The lowest BCUT2D eigenvalue weighted by atomic mass is 9.70. The van der Waals surface area contributed by atoms with Crippen molar-refractivity contribution in [3.8, 4) is 0 Å². The van der Waals surface area contributed by atoms with Gasteiger partial charge in [-0.05, 0) is 45.4 Å². The molecule has 0 saturated carbocycles. The normalized spacial score (nSPS) is 29.6. The smallest absolute Gasteiger partial charge is 0.312 e. The number of aliphatic hydroxyl groups excluding tert-OH is 1. The van der Waals surface area contributed by atoms with Crippen molar-refractivity contribution in [2.24, 2.45) is 17.8 Å². The predicted molar refractivity (Wildman–Crippen MR) is 167 cm³/mol. The Balaban J connectivity index is 1.98. The lowest BCUT2D eigenvalue weighted by Gasteiger charge is -2.41. The van der Waals surface area contributed by atoms with Crippen molar-refractivity contribution in [2.45, 2.75) is 114 Å². The van der Waals surface area contributed by atoms with Gasteiger partial charge in [0.2, 0.25) is 17.7 Å². The summed E-state index contributed by atoms with van der Waals surface area (Å²) in [4.78, 5) is 57.8. The number of carbonyl (C=O) groups excluding carboxylic acids is 4. The maximum Gasteiger partial charge on any atom is 0.312 e. The number of ether oxygens (including phenoxy) is 2. The van der Waals surface area contributed by atoms with E-state index in [4.69, 9.17) is 9.47 Å². The Bertz CT molecular complexity index is 1050. The van der Waals surface area contributed by atoms with Gasteiger partial charge in [-0.1, -0.05) is 55.3 Å². The molecular formula is C32H50BrN3O7. The van der Waals surface area contributed by atoms with Gasteiger partial charge < -0.3 is 29.7 Å². The van der Waals surface area contributed by atoms with Gasteiger partial charge in [0, 0.05) is 23.8 Å². The molecule has 3 amide bonds. The Morgan fingerprint density at radius 3 is 2.53 bits per heavy atom. The molecule has 3 aliphatic heterocycles. The number of aliphatic hydroxyl groups is 1. The molecule has 10 nitrogen and oxygen atoms in total. The van der Waals surface area contributed by atoms with Gasteiger partial charge in [0.05, 0.1) is 37.1 Å². The molecule has 1 spiro atoms. The van der Waals surface area contributed by atoms with Crippen LogP contribution in [0.1, 0.15) is 73.1 Å². The summed E-state index contributed by atoms with van der Waals surface area (Å²) < 4.78 is 12.4. The Morgan fingerprint density at radius 1 is 1.26 bits per heavy atom. The van der Waals surface area contributed by atoms with Gasteiger partial charge in [-0.25, -0.2) is 0 Å². The molecule has 3 saturated heterocycles. The lowest BCUT2D eigenvalue weighted by Crippen LogP contribution is -2.60. The van der Waals surface area contributed by atoms with Gasteiger partial charge in [0.25, 0.3) is 0 Å². The molecule has 3 fully saturated rings. The standard InChI is InChI=1S/C32H50BrN3O7/c1-8-11-13-24(38)34-17-21(7)42-31(41)25-26-29(39)36(22(18-37)15-19(4)5)28(32(26)16-23(33)27(25)43-32)30(40)35(14-10-3)20(6)12-9-2/h8,10,19-23,25-28,37H,1,3,9,11-18H2,2,4-7H3,(H,34,38)/t20?,21-,22-,23?,25+,26-,27+,28+,32-/m1/s1. The average Bonchev–Trinajstić information content (AvgIpc) is 3.55. The topological polar surface area (TPSA) is 125 Å². The third-order valence-electron chi connectivity index (χ3n) is 8.91. The Kier molecular flexibility index (Phi) is 12.4. The van der Waals surface area contributed by atoms with Crippen LogP contribution in [0.3, 0.4) is 0 Å². The number of nitrogens with one attached hydrogen (secondary N) is 1. The summed E-state index contributed by atoms with van der Waals surface area (Å²) in [6, 6.07) is -1.74. The van der Waals surface area contributed by atoms with Crippen molar-refractivity contribution in [3.05, 3.63) is 25.3 Å². The van der Waals surface area contributed by atoms with Gasteiger partial charge in [-0.3, -0.25) is 19.2 Å². The fourth-order valence-electron chi connectivity index (χ4n) is 7.08. The van der Waals surface area contributed by atoms with Crippen molar-refractivity contribution in [3.63, 3.8) is 0 Å². The highest BCUT2D eigenvalue weighted by Crippen LogP contribution is 2.61. The summed E-state index contributed by atoms with van der Waals surface area (Å²) in [5.41, 5.74) is -1.26. The first kappa shape index (κ1) is 35.2. The third kappa shape index (κ3) is 7.20. The molecule has 242 valence electrons. The molecule has 2 bridgehead atoms. The molecule has 2 unspecified atom stereocenters. The number of alkyl halides is 1. The van der Waals surface area contributed by atoms with E-state index in [0.717, 1.165) is 12.8 Å². The first-order valence-corrected chi connectivity index (χ1v) is 16.5. The summed E-state index contributed by atoms with van der Waals surface area (Å²) >= 11 is 3.69. The fraction of sp³-hybridized carbons (Fsp3) is 0.750. The molecule has 9 atom stereocenters. The molecule has 3 rings (SSSR count). The second-order valence-electron chi connectivity index (χ2n) is 12.7. The molecule has 0 aliphatic carbocycles. The predicted octanol–water partition coefficient (Wildman–Crippen LogP) is 3.36. The van der Waals surface area contributed by atoms with E-state index in [2.05, 4.69) is 41.3 Å². The minimum Gasteiger partial charge on any atom is -0.460 e. The number of rotatable bonds is 17. The molecular weight excluding hydrogens is 618 g/mol. The van der Waals surface area contributed by atoms with E-state index in [0.29, 0.717) is 32.2 Å². The molecule has 3 aliphatic rings. The van der Waals surface area contributed by atoms with Crippen molar-refractivity contribution >= 4 is 39.6 Å². The van der Waals surface area contributed by atoms with Crippen LogP contribution in [0.15, 0.2) is 25.3 Å². The van der Waals surface area contributed by atoms with Crippen molar-refractivity contribution in [1.82, 2.24) is 15.1 Å². The molecule has 0 aromatic heterocycles. The number of nitrogens with zero attached hydrogens (tertiary/aromatic N) is 2. The molecule has 0 radical (unpaired) electrons. The van der Waals surface area contributed by atoms with Gasteiger partial charge in [-0.15, -0.1) is 13.2 Å². The van der Waals surface area contributed by atoms with Crippen LogP contribution >= 0.6 is 15.9 Å². The zero-order chi connectivity index (χ0) is 32.1. The molecule has 0 aromatic rings. The minimum atomic E-state index is -1.26. The van der Waals surface area contributed by atoms with Crippen LogP contribution < -0.4 is 5.32 Å². The first-order valence-electron chi connectivity index (χ1n) is 15.6. The highest BCUT2D eigenvalue weighted by atomic mass is 79.9. The largest absolute Gasteiger partial charge is 0.460 e. The number of hydrogen-bond donors (Lipinski definition) is 2. The summed E-state index contributed by atoms with van der Waals surface area (Å²) in [6.07, 6.45) is 5.37. The average molecular weight is 669 g/mol. The summed E-state index contributed by atoms with van der Waals surface area (Å²) in [5.74, 6) is -3.12. The van der Waals surface area contributed by atoms with E-state index in [-0.39, 0.29) is 47.7 Å². The van der Waals surface area contributed by atoms with Gasteiger partial charge >= 0.3 is 5.97 Å². The van der Waals surface area contributed by atoms with Crippen molar-refractivity contribution in [1.29, 1.82) is 0 Å². The van der Waals surface area contributed by atoms with E-state index in [1.54, 1.807) is 24.0 Å². The maximum atomic E-state index is 14.6. The number of amides is 3. The van der Waals surface area contributed by atoms with Crippen LogP contribution in [0.5, 0.6) is 0 Å². The fourth-order valence-corrected chi connectivity index (χ4v) is 8.03. The first-order chi connectivity index (χ1) is 20.4. The third-order valence-corrected chi connectivity index (χ3v) is 9.75. The zero-order valence-corrected chi connectivity index (χ0v) is 27.9. The van der Waals surface area contributed by atoms with E-state index in [1.807, 2.05) is 20.8 Å². The van der Waals surface area contributed by atoms with Crippen LogP contribution in [0.25, 0.3) is 0 Å². The number of likely N-dealkylation sites (tertiary alicyclic amines) is 1. The van der Waals surface area contributed by atoms with Gasteiger partial charge in [0.1, 0.15) is 17.7 Å². The Morgan fingerprint density at radius 2 is 1.95 bits per heavy atom. The monoisotopic (exact) mass is 667 g/mol. The highest BCUT2D eigenvalue weighted by Gasteiger charge is 2.77. The number of carbonyl (C=O) groups is 4. The second-order valence-corrected chi connectivity index (χ2v) is 13.8. The molecule has 2 N–H and O–H groups in total. The van der Waals surface area contributed by atoms with Crippen molar-refractivity contribution in [2.75, 3.05) is 19.7 Å². The maximum absolute atomic E-state index is 14.6. The number of hydrogen-bond acceptors (Lipinski definition) is 7.